The van der Waals surface area contributed by atoms with Gasteiger partial charge in [0.2, 0.25) is 5.95 Å². The number of H-pyrrole nitrogens is 1. The zero-order valence-electron chi connectivity index (χ0n) is 30.4. The molecule has 0 spiro atoms. The number of aromatic nitrogens is 8. The first-order valence-corrected chi connectivity index (χ1v) is 23.7. The molecule has 4 aromatic rings. The largest absolute Gasteiger partial charge is 0.457 e. The first kappa shape index (κ1) is 40.6. The van der Waals surface area contributed by atoms with E-state index in [0.717, 1.165) is 32.1 Å². The Balaban J connectivity index is 1.19. The summed E-state index contributed by atoms with van der Waals surface area (Å²) in [6.07, 6.45) is -3.29. The lowest BCUT2D eigenvalue weighted by Gasteiger charge is -2.36. The number of fused-ring (bicyclic) bond motifs is 4. The van der Waals surface area contributed by atoms with Crippen LogP contribution in [-0.2, 0) is 46.2 Å². The van der Waals surface area contributed by atoms with Gasteiger partial charge >= 0.3 is 19.6 Å². The molecule has 0 amide bonds. The van der Waals surface area contributed by atoms with Crippen molar-refractivity contribution in [2.75, 3.05) is 18.1 Å². The molecule has 8 rings (SSSR count). The molecule has 4 aliphatic heterocycles. The predicted molar refractivity (Wildman–Crippen MR) is 205 cm³/mol. The molecule has 0 radical (unpaired) electrons. The van der Waals surface area contributed by atoms with Gasteiger partial charge in [0.15, 0.2) is 53.5 Å². The molecule has 310 valence electrons. The van der Waals surface area contributed by atoms with E-state index in [1.165, 1.54) is 28.1 Å². The second-order valence-corrected chi connectivity index (χ2v) is 20.1. The number of rotatable bonds is 9. The zero-order chi connectivity index (χ0) is 40.3. The van der Waals surface area contributed by atoms with E-state index in [4.69, 9.17) is 43.8 Å². The van der Waals surface area contributed by atoms with Crippen molar-refractivity contribution in [3.63, 3.8) is 0 Å². The normalized spacial score (nSPS) is 36.0. The van der Waals surface area contributed by atoms with Crippen LogP contribution in [0, 0.1) is 0 Å². The van der Waals surface area contributed by atoms with Crippen LogP contribution < -0.4 is 17.0 Å². The Morgan fingerprint density at radius 1 is 0.895 bits per heavy atom. The highest BCUT2D eigenvalue weighted by atomic mass is 32.7. The van der Waals surface area contributed by atoms with Crippen LogP contribution in [0.4, 0.5) is 16.2 Å². The highest BCUT2D eigenvalue weighted by molar-refractivity contribution is 8.44. The summed E-state index contributed by atoms with van der Waals surface area (Å²) in [6.45, 7) is -7.74. The number of halogens is 1. The number of thiol groups is 2. The van der Waals surface area contributed by atoms with Gasteiger partial charge in [-0.2, -0.15) is 4.98 Å². The van der Waals surface area contributed by atoms with Crippen molar-refractivity contribution in [2.45, 2.75) is 119 Å². The number of nitrogens with zero attached hydrogens (tertiary/aromatic N) is 7. The summed E-state index contributed by atoms with van der Waals surface area (Å²) in [4.78, 5) is 49.5. The number of unbranched alkanes of at least 4 members (excludes halogenated alkanes) is 5. The van der Waals surface area contributed by atoms with Crippen LogP contribution in [0.25, 0.3) is 22.3 Å². The van der Waals surface area contributed by atoms with Crippen molar-refractivity contribution in [3.8, 4) is 0 Å². The summed E-state index contributed by atoms with van der Waals surface area (Å²) in [5.41, 5.74) is 9.79. The lowest BCUT2D eigenvalue weighted by atomic mass is 9.86. The lowest BCUT2D eigenvalue weighted by molar-refractivity contribution is -0.154. The molecule has 4 saturated heterocycles. The van der Waals surface area contributed by atoms with E-state index >= 15 is 4.39 Å². The summed E-state index contributed by atoms with van der Waals surface area (Å²) in [7, 11) is 0. The number of nitrogens with two attached hydrogens (primary N) is 2. The van der Waals surface area contributed by atoms with Gasteiger partial charge in [-0.1, -0.05) is 69.9 Å². The summed E-state index contributed by atoms with van der Waals surface area (Å²) in [5, 5.41) is 0. The Kier molecular flexibility index (Phi) is 11.2. The molecule has 26 heteroatoms. The monoisotopic (exact) mass is 874 g/mol. The number of carbonyl (C=O) groups excluding carboxylic acids is 1. The van der Waals surface area contributed by atoms with E-state index in [2.05, 4.69) is 61.3 Å². The van der Waals surface area contributed by atoms with Gasteiger partial charge in [-0.15, -0.1) is 0 Å². The quantitative estimate of drug-likeness (QED) is 0.0677. The van der Waals surface area contributed by atoms with Gasteiger partial charge in [-0.3, -0.25) is 41.8 Å². The van der Waals surface area contributed by atoms with E-state index in [-0.39, 0.29) is 46.9 Å². The van der Waals surface area contributed by atoms with Crippen molar-refractivity contribution in [1.29, 1.82) is 0 Å². The number of nitrogen functional groups attached to an aromatic ring is 2. The smallest absolute Gasteiger partial charge is 0.387 e. The van der Waals surface area contributed by atoms with Gasteiger partial charge in [0.25, 0.3) is 5.56 Å². The van der Waals surface area contributed by atoms with E-state index in [9.17, 15) is 18.7 Å². The molecule has 1 unspecified atom stereocenters. The second kappa shape index (κ2) is 15.8. The highest BCUT2D eigenvalue weighted by Gasteiger charge is 2.59. The van der Waals surface area contributed by atoms with Crippen LogP contribution in [0.2, 0.25) is 0 Å². The third-order valence-corrected chi connectivity index (χ3v) is 13.7. The molecule has 4 fully saturated rings. The van der Waals surface area contributed by atoms with E-state index in [1.807, 2.05) is 0 Å². The minimum absolute atomic E-state index is 0.0189. The fourth-order valence-electron chi connectivity index (χ4n) is 7.91. The summed E-state index contributed by atoms with van der Waals surface area (Å²) < 4.78 is 90.4. The van der Waals surface area contributed by atoms with E-state index < -0.39 is 92.9 Å². The Morgan fingerprint density at radius 2 is 1.60 bits per heavy atom. The number of aromatic amines is 1. The van der Waals surface area contributed by atoms with Crippen molar-refractivity contribution in [2.24, 2.45) is 0 Å². The Hall–Kier alpha value is -3.18. The molecule has 57 heavy (non-hydrogen) atoms. The first-order chi connectivity index (χ1) is 27.2. The molecular weight excluding hydrogens is 833 g/mol. The van der Waals surface area contributed by atoms with Crippen LogP contribution in [-0.4, -0.2) is 93.9 Å². The first-order valence-electron chi connectivity index (χ1n) is 18.3. The second-order valence-electron chi connectivity index (χ2n) is 14.4. The molecule has 4 bridgehead atoms. The van der Waals surface area contributed by atoms with E-state index in [1.54, 1.807) is 0 Å². The molecule has 0 aromatic carbocycles. The molecule has 4 aliphatic rings. The van der Waals surface area contributed by atoms with Gasteiger partial charge < -0.3 is 25.7 Å². The molecular formula is C31H41FN10O11P2S2. The minimum atomic E-state index is -4.63. The van der Waals surface area contributed by atoms with Crippen LogP contribution in [0.3, 0.4) is 0 Å². The summed E-state index contributed by atoms with van der Waals surface area (Å²) in [5.74, 6) is -0.978. The Bertz CT molecular complexity index is 2320. The highest BCUT2D eigenvalue weighted by Crippen LogP contribution is 2.63. The van der Waals surface area contributed by atoms with Crippen LogP contribution in [0.5, 0.6) is 0 Å². The van der Waals surface area contributed by atoms with Crippen molar-refractivity contribution >= 4 is 78.2 Å². The fraction of sp³-hybridized carbons (Fsp3) is 0.645. The van der Waals surface area contributed by atoms with Crippen LogP contribution in [0.15, 0.2) is 23.8 Å². The number of esters is 1. The molecule has 4 aromatic heterocycles. The summed E-state index contributed by atoms with van der Waals surface area (Å²) >= 11 is 8.58. The number of nitrogens with one attached hydrogen (secondary N) is 1. The number of imidazole rings is 2. The van der Waals surface area contributed by atoms with Crippen LogP contribution >= 0.6 is 38.1 Å². The Labute approximate surface area is 333 Å². The average molecular weight is 875 g/mol. The van der Waals surface area contributed by atoms with Gasteiger partial charge in [0, 0.05) is 6.42 Å². The van der Waals surface area contributed by atoms with E-state index in [0.29, 0.717) is 6.42 Å². The maximum Gasteiger partial charge on any atom is 0.387 e. The number of alkyl halides is 1. The van der Waals surface area contributed by atoms with Gasteiger partial charge in [0.1, 0.15) is 30.2 Å². The lowest BCUT2D eigenvalue weighted by Crippen LogP contribution is -2.40. The molecule has 5 N–H and O–H groups in total. The third kappa shape index (κ3) is 8.09. The zero-order valence-corrected chi connectivity index (χ0v) is 33.9. The van der Waals surface area contributed by atoms with Gasteiger partial charge in [-0.25, -0.2) is 33.5 Å². The number of carbonyl (C=O) groups is 1. The standard InChI is InChI=1S/C31H41FN10O11P2S2/c1-2-3-4-5-6-7-8-31-9-15-22(50-17(43)10-31)23(29(48-15)42-14-38-20-26(42)39-30(34)40-27(20)44)52-54(45,56)47-11-16-21(51-55(46,57)53-31)18(32)28(49-16)41-13-37-19-24(33)35-12-36-25(19)41/h12-16,18,21-23,28-29H,2-11H2,1H3,(H,45,56)(H,46,57)(H2,33,35,36)(H3,34,39,40,44)/t15-,16-,18-,21-,22-,23-,28-,29-,31?,54-,55+/m1/s1. The number of hydrogen-bond donors (Lipinski definition) is 5. The SMILES string of the molecule is CCCCCCCCC12CC(=O)O[C@H]3[C@@H](O[P@](=O)(S)OC[C@H]4O[C@@H](n5cnc6c(N)ncnc65)[C@H](F)[C@@H]4O[P@](=O)(S)O1)[C@H](n1cnc4c(=O)[nH]c(N)nc41)O[C@@H]3C2. The topological polar surface area (TPSA) is 275 Å². The molecule has 0 aliphatic carbocycles. The van der Waals surface area contributed by atoms with Crippen molar-refractivity contribution < 1.29 is 50.6 Å². The molecule has 8 heterocycles. The van der Waals surface area contributed by atoms with Crippen molar-refractivity contribution in [1.82, 2.24) is 39.0 Å². The maximum atomic E-state index is 16.7. The Morgan fingerprint density at radius 3 is 2.39 bits per heavy atom. The number of hydrogen-bond acceptors (Lipinski definition) is 18. The minimum Gasteiger partial charge on any atom is -0.457 e. The van der Waals surface area contributed by atoms with Gasteiger partial charge in [-0.05, 0) is 6.42 Å². The third-order valence-electron chi connectivity index (χ3n) is 10.5. The molecule has 21 nitrogen and oxygen atoms in total. The fourth-order valence-corrected chi connectivity index (χ4v) is 11.5. The predicted octanol–water partition coefficient (Wildman–Crippen LogP) is 4.34. The molecule has 11 atom stereocenters. The average Bonchev–Trinajstić information content (AvgIpc) is 3.88. The molecule has 0 saturated carbocycles. The van der Waals surface area contributed by atoms with Crippen LogP contribution in [0.1, 0.15) is 77.2 Å². The van der Waals surface area contributed by atoms with Gasteiger partial charge in [0.05, 0.1) is 31.3 Å². The summed E-state index contributed by atoms with van der Waals surface area (Å²) in [6, 6.07) is 0. The number of anilines is 2. The maximum absolute atomic E-state index is 16.7. The van der Waals surface area contributed by atoms with Crippen molar-refractivity contribution in [3.05, 3.63) is 29.3 Å². The number of ether oxygens (including phenoxy) is 3.